The van der Waals surface area contributed by atoms with Gasteiger partial charge in [0.05, 0.1) is 0 Å². The normalized spacial score (nSPS) is 11.6. The van der Waals surface area contributed by atoms with Crippen LogP contribution in [0.25, 0.3) is 0 Å². The highest BCUT2D eigenvalue weighted by Gasteiger charge is 2.22. The summed E-state index contributed by atoms with van der Waals surface area (Å²) in [5.74, 6) is -1.86. The minimum absolute atomic E-state index is 0.114. The highest BCUT2D eigenvalue weighted by molar-refractivity contribution is 5.96. The van der Waals surface area contributed by atoms with E-state index < -0.39 is 23.3 Å². The fraction of sp³-hybridized carbons (Fsp3) is 0.133. The van der Waals surface area contributed by atoms with Gasteiger partial charge in [0.1, 0.15) is 11.6 Å². The van der Waals surface area contributed by atoms with E-state index in [2.05, 4.69) is 10.3 Å². The number of aliphatic carboxylic acids is 1. The van der Waals surface area contributed by atoms with Gasteiger partial charge in [0.25, 0.3) is 5.91 Å². The number of nitrogens with one attached hydrogen (secondary N) is 2. The fourth-order valence-corrected chi connectivity index (χ4v) is 1.88. The minimum Gasteiger partial charge on any atom is -0.480 e. The number of pyridine rings is 1. The maximum atomic E-state index is 12.0. The van der Waals surface area contributed by atoms with E-state index in [1.807, 2.05) is 6.07 Å². The highest BCUT2D eigenvalue weighted by atomic mass is 16.4. The number of carbonyl (C=O) groups excluding carboxylic acids is 1. The van der Waals surface area contributed by atoms with Gasteiger partial charge in [-0.2, -0.15) is 0 Å². The van der Waals surface area contributed by atoms with Crippen molar-refractivity contribution in [3.8, 4) is 0 Å². The molecule has 0 aliphatic carbocycles. The van der Waals surface area contributed by atoms with E-state index in [1.165, 1.54) is 18.5 Å². The molecule has 6 heteroatoms. The molecule has 0 aliphatic heterocycles. The Morgan fingerprint density at radius 3 is 2.52 bits per heavy atom. The van der Waals surface area contributed by atoms with Crippen LogP contribution in [-0.4, -0.2) is 28.0 Å². The first-order valence-electron chi connectivity index (χ1n) is 6.32. The van der Waals surface area contributed by atoms with Crippen LogP contribution in [0.4, 0.5) is 0 Å². The van der Waals surface area contributed by atoms with Gasteiger partial charge in [-0.05, 0) is 5.56 Å². The number of amides is 1. The molecule has 1 amide bonds. The molecule has 2 rings (SSSR count). The number of aromatic nitrogens is 1. The number of hydrogen-bond donors (Lipinski definition) is 3. The SMILES string of the molecule is O=C(N[C@H](Cc1ccccc1)C(=O)O)c1c[nH]ccc1=O. The Hall–Kier alpha value is -2.89. The van der Waals surface area contributed by atoms with E-state index in [4.69, 9.17) is 0 Å². The van der Waals surface area contributed by atoms with Gasteiger partial charge in [0, 0.05) is 24.9 Å². The molecule has 0 saturated heterocycles. The molecule has 0 aliphatic rings. The van der Waals surface area contributed by atoms with Crippen molar-refractivity contribution in [1.29, 1.82) is 0 Å². The summed E-state index contributed by atoms with van der Waals surface area (Å²) in [6, 6.07) is 9.06. The van der Waals surface area contributed by atoms with Gasteiger partial charge in [-0.25, -0.2) is 4.79 Å². The number of carbonyl (C=O) groups is 2. The first kappa shape index (κ1) is 14.5. The van der Waals surface area contributed by atoms with Gasteiger partial charge in [-0.15, -0.1) is 0 Å². The molecule has 0 bridgehead atoms. The number of carboxylic acids is 1. The monoisotopic (exact) mass is 286 g/mol. The lowest BCUT2D eigenvalue weighted by Gasteiger charge is -2.14. The maximum Gasteiger partial charge on any atom is 0.326 e. The average molecular weight is 286 g/mol. The summed E-state index contributed by atoms with van der Waals surface area (Å²) in [6.07, 6.45) is 2.80. The average Bonchev–Trinajstić information content (AvgIpc) is 2.48. The molecule has 1 aromatic heterocycles. The Morgan fingerprint density at radius 2 is 1.90 bits per heavy atom. The zero-order chi connectivity index (χ0) is 15.2. The van der Waals surface area contributed by atoms with Crippen LogP contribution in [0.3, 0.4) is 0 Å². The Bertz CT molecular complexity index is 694. The smallest absolute Gasteiger partial charge is 0.326 e. The van der Waals surface area contributed by atoms with Crippen LogP contribution in [0.2, 0.25) is 0 Å². The Kier molecular flexibility index (Phi) is 4.50. The van der Waals surface area contributed by atoms with Crippen LogP contribution >= 0.6 is 0 Å². The van der Waals surface area contributed by atoms with Crippen molar-refractivity contribution in [3.63, 3.8) is 0 Å². The van der Waals surface area contributed by atoms with E-state index in [-0.39, 0.29) is 12.0 Å². The third kappa shape index (κ3) is 3.79. The summed E-state index contributed by atoms with van der Waals surface area (Å²) >= 11 is 0. The molecule has 0 unspecified atom stereocenters. The largest absolute Gasteiger partial charge is 0.480 e. The maximum absolute atomic E-state index is 12.0. The summed E-state index contributed by atoms with van der Waals surface area (Å²) in [4.78, 5) is 37.4. The number of H-pyrrole nitrogens is 1. The Labute approximate surface area is 120 Å². The lowest BCUT2D eigenvalue weighted by molar-refractivity contribution is -0.139. The molecule has 108 valence electrons. The van der Waals surface area contributed by atoms with Crippen molar-refractivity contribution in [2.45, 2.75) is 12.5 Å². The van der Waals surface area contributed by atoms with Crippen molar-refractivity contribution in [2.75, 3.05) is 0 Å². The molecule has 2 aromatic rings. The topological polar surface area (TPSA) is 99.3 Å². The molecule has 0 fully saturated rings. The van der Waals surface area contributed by atoms with Gasteiger partial charge < -0.3 is 15.4 Å². The van der Waals surface area contributed by atoms with Gasteiger partial charge >= 0.3 is 5.97 Å². The van der Waals surface area contributed by atoms with Crippen molar-refractivity contribution < 1.29 is 14.7 Å². The molecular formula is C15H14N2O4. The van der Waals surface area contributed by atoms with E-state index in [9.17, 15) is 19.5 Å². The first-order valence-corrected chi connectivity index (χ1v) is 6.32. The zero-order valence-electron chi connectivity index (χ0n) is 11.1. The summed E-state index contributed by atoms with van der Waals surface area (Å²) in [5, 5.41) is 11.6. The number of carboxylic acid groups (broad SMARTS) is 1. The van der Waals surface area contributed by atoms with E-state index >= 15 is 0 Å². The minimum atomic E-state index is -1.15. The molecule has 1 atom stereocenters. The van der Waals surface area contributed by atoms with E-state index in [0.29, 0.717) is 0 Å². The predicted molar refractivity (Wildman–Crippen MR) is 76.1 cm³/mol. The van der Waals surface area contributed by atoms with Crippen LogP contribution in [0.15, 0.2) is 53.6 Å². The number of aromatic amines is 1. The van der Waals surface area contributed by atoms with Crippen LogP contribution in [0, 0.1) is 0 Å². The van der Waals surface area contributed by atoms with Gasteiger partial charge in [0.15, 0.2) is 5.43 Å². The Morgan fingerprint density at radius 1 is 1.19 bits per heavy atom. The highest BCUT2D eigenvalue weighted by Crippen LogP contribution is 2.04. The zero-order valence-corrected chi connectivity index (χ0v) is 11.1. The third-order valence-electron chi connectivity index (χ3n) is 2.95. The number of benzene rings is 1. The molecule has 6 nitrogen and oxygen atoms in total. The van der Waals surface area contributed by atoms with E-state index in [1.54, 1.807) is 24.3 Å². The number of rotatable bonds is 5. The molecular weight excluding hydrogens is 272 g/mol. The molecule has 0 radical (unpaired) electrons. The van der Waals surface area contributed by atoms with Crippen LogP contribution in [-0.2, 0) is 11.2 Å². The third-order valence-corrected chi connectivity index (χ3v) is 2.95. The van der Waals surface area contributed by atoms with Gasteiger partial charge in [-0.3, -0.25) is 9.59 Å². The molecule has 3 N–H and O–H groups in total. The first-order chi connectivity index (χ1) is 10.1. The molecule has 21 heavy (non-hydrogen) atoms. The summed E-state index contributed by atoms with van der Waals surface area (Å²) in [6.45, 7) is 0. The van der Waals surface area contributed by atoms with Crippen molar-refractivity contribution in [1.82, 2.24) is 10.3 Å². The molecule has 0 spiro atoms. The summed E-state index contributed by atoms with van der Waals surface area (Å²) in [5.41, 5.74) is 0.207. The molecule has 1 heterocycles. The second-order valence-corrected chi connectivity index (χ2v) is 4.48. The molecule has 1 aromatic carbocycles. The van der Waals surface area contributed by atoms with Gasteiger partial charge in [0.2, 0.25) is 0 Å². The van der Waals surface area contributed by atoms with Crippen LogP contribution < -0.4 is 10.7 Å². The van der Waals surface area contributed by atoms with Gasteiger partial charge in [-0.1, -0.05) is 30.3 Å². The number of hydrogen-bond acceptors (Lipinski definition) is 3. The van der Waals surface area contributed by atoms with Crippen LogP contribution in [0.5, 0.6) is 0 Å². The molecule has 0 saturated carbocycles. The Balaban J connectivity index is 2.14. The van der Waals surface area contributed by atoms with E-state index in [0.717, 1.165) is 5.56 Å². The lowest BCUT2D eigenvalue weighted by Crippen LogP contribution is -2.43. The summed E-state index contributed by atoms with van der Waals surface area (Å²) < 4.78 is 0. The van der Waals surface area contributed by atoms with Crippen molar-refractivity contribution >= 4 is 11.9 Å². The summed E-state index contributed by atoms with van der Waals surface area (Å²) in [7, 11) is 0. The van der Waals surface area contributed by atoms with Crippen molar-refractivity contribution in [2.24, 2.45) is 0 Å². The quantitative estimate of drug-likeness (QED) is 0.757. The lowest BCUT2D eigenvalue weighted by atomic mass is 10.1. The second kappa shape index (κ2) is 6.51. The fourth-order valence-electron chi connectivity index (χ4n) is 1.88. The van der Waals surface area contributed by atoms with Crippen molar-refractivity contribution in [3.05, 3.63) is 70.1 Å². The predicted octanol–water partition coefficient (Wildman–Crippen LogP) is 0.801. The second-order valence-electron chi connectivity index (χ2n) is 4.48. The van der Waals surface area contributed by atoms with Crippen LogP contribution in [0.1, 0.15) is 15.9 Å². The standard InChI is InChI=1S/C15H14N2O4/c18-13-6-7-16-9-11(13)14(19)17-12(15(20)21)8-10-4-2-1-3-5-10/h1-7,9,12H,8H2,(H,16,18)(H,17,19)(H,20,21)/t12-/m1/s1.